The molecule has 1 N–H and O–H groups in total. The van der Waals surface area contributed by atoms with E-state index < -0.39 is 0 Å². The number of hydrogen-bond acceptors (Lipinski definition) is 3. The summed E-state index contributed by atoms with van der Waals surface area (Å²) < 4.78 is 14.9. The van der Waals surface area contributed by atoms with E-state index in [1.807, 2.05) is 18.9 Å². The molecule has 140 valence electrons. The maximum Gasteiger partial charge on any atom is 0.257 e. The highest BCUT2D eigenvalue weighted by molar-refractivity contribution is 5.95. The van der Waals surface area contributed by atoms with Crippen LogP contribution in [0.1, 0.15) is 42.2 Å². The third-order valence-electron chi connectivity index (χ3n) is 5.21. The number of halogens is 1. The highest BCUT2D eigenvalue weighted by Crippen LogP contribution is 2.23. The predicted octanol–water partition coefficient (Wildman–Crippen LogP) is 3.04. The molecule has 1 aromatic heterocycles. The van der Waals surface area contributed by atoms with Crippen LogP contribution in [0.25, 0.3) is 5.69 Å². The normalized spacial score (nSPS) is 15.4. The van der Waals surface area contributed by atoms with E-state index in [2.05, 4.69) is 10.4 Å². The maximum atomic E-state index is 13.2. The summed E-state index contributed by atoms with van der Waals surface area (Å²) in [6, 6.07) is 6.19. The van der Waals surface area contributed by atoms with E-state index >= 15 is 0 Å². The molecule has 0 spiro atoms. The number of likely N-dealkylation sites (tertiary alicyclic amines) is 1. The third-order valence-corrected chi connectivity index (χ3v) is 5.21. The second-order valence-electron chi connectivity index (χ2n) is 6.87. The van der Waals surface area contributed by atoms with Gasteiger partial charge in [0.05, 0.1) is 23.1 Å². The molecule has 1 aliphatic rings. The van der Waals surface area contributed by atoms with E-state index in [0.29, 0.717) is 17.9 Å². The summed E-state index contributed by atoms with van der Waals surface area (Å²) >= 11 is 0. The van der Waals surface area contributed by atoms with Gasteiger partial charge in [-0.25, -0.2) is 9.07 Å². The summed E-state index contributed by atoms with van der Waals surface area (Å²) in [6.07, 6.45) is 5.62. The molecule has 0 atom stereocenters. The molecule has 6 heteroatoms. The third kappa shape index (κ3) is 3.96. The van der Waals surface area contributed by atoms with Crippen molar-refractivity contribution in [1.29, 1.82) is 0 Å². The van der Waals surface area contributed by atoms with Crippen LogP contribution in [-0.4, -0.2) is 47.3 Å². The summed E-state index contributed by atoms with van der Waals surface area (Å²) in [4.78, 5) is 14.9. The number of hydrogen-bond donors (Lipinski definition) is 1. The molecule has 1 aliphatic heterocycles. The number of nitrogens with one attached hydrogen (secondary N) is 1. The highest BCUT2D eigenvalue weighted by atomic mass is 19.1. The number of amides is 1. The first-order valence-corrected chi connectivity index (χ1v) is 9.40. The minimum absolute atomic E-state index is 0.0577. The van der Waals surface area contributed by atoms with E-state index in [1.54, 1.807) is 23.0 Å². The first-order chi connectivity index (χ1) is 12.6. The number of benzene rings is 1. The Morgan fingerprint density at radius 1 is 1.27 bits per heavy atom. The second-order valence-corrected chi connectivity index (χ2v) is 6.87. The lowest BCUT2D eigenvalue weighted by atomic mass is 9.93. The van der Waals surface area contributed by atoms with Crippen molar-refractivity contribution in [2.45, 2.75) is 32.6 Å². The van der Waals surface area contributed by atoms with Gasteiger partial charge in [0.25, 0.3) is 5.91 Å². The van der Waals surface area contributed by atoms with Gasteiger partial charge in [-0.2, -0.15) is 5.10 Å². The standard InChI is InChI=1S/C20H27FN4O/c1-3-19-18(14-23-25(19)17-6-4-16(21)5-7-17)20(26)24-12-9-15(10-13-24)8-11-22-2/h4-7,14-15,22H,3,8-13H2,1-2H3. The van der Waals surface area contributed by atoms with Crippen LogP contribution < -0.4 is 5.32 Å². The largest absolute Gasteiger partial charge is 0.339 e. The van der Waals surface area contributed by atoms with Gasteiger partial charge in [0.1, 0.15) is 5.82 Å². The molecular weight excluding hydrogens is 331 g/mol. The van der Waals surface area contributed by atoms with Gasteiger partial charge in [0, 0.05) is 13.1 Å². The molecule has 3 rings (SSSR count). The van der Waals surface area contributed by atoms with Crippen molar-refractivity contribution in [3.63, 3.8) is 0 Å². The van der Waals surface area contributed by atoms with Crippen LogP contribution in [0.4, 0.5) is 4.39 Å². The van der Waals surface area contributed by atoms with Gasteiger partial charge in [-0.3, -0.25) is 4.79 Å². The minimum Gasteiger partial charge on any atom is -0.339 e. The molecule has 5 nitrogen and oxygen atoms in total. The zero-order valence-electron chi connectivity index (χ0n) is 15.5. The van der Waals surface area contributed by atoms with Crippen molar-refractivity contribution in [3.8, 4) is 5.69 Å². The maximum absolute atomic E-state index is 13.2. The molecule has 2 aromatic rings. The van der Waals surface area contributed by atoms with Crippen LogP contribution in [-0.2, 0) is 6.42 Å². The molecule has 0 aliphatic carbocycles. The Morgan fingerprint density at radius 3 is 2.58 bits per heavy atom. The van der Waals surface area contributed by atoms with E-state index in [9.17, 15) is 9.18 Å². The zero-order valence-corrected chi connectivity index (χ0v) is 15.5. The van der Waals surface area contributed by atoms with E-state index in [1.165, 1.54) is 18.6 Å². The average molecular weight is 358 g/mol. The Balaban J connectivity index is 1.73. The molecule has 2 heterocycles. The number of aromatic nitrogens is 2. The van der Waals surface area contributed by atoms with Gasteiger partial charge in [-0.15, -0.1) is 0 Å². The van der Waals surface area contributed by atoms with Gasteiger partial charge >= 0.3 is 0 Å². The van der Waals surface area contributed by atoms with Crippen LogP contribution in [0.2, 0.25) is 0 Å². The molecule has 1 fully saturated rings. The van der Waals surface area contributed by atoms with Crippen LogP contribution in [0, 0.1) is 11.7 Å². The van der Waals surface area contributed by atoms with Crippen LogP contribution in [0.5, 0.6) is 0 Å². The van der Waals surface area contributed by atoms with Gasteiger partial charge in [-0.05, 0) is 69.5 Å². The van der Waals surface area contributed by atoms with Crippen LogP contribution in [0.15, 0.2) is 30.5 Å². The van der Waals surface area contributed by atoms with Crippen molar-refractivity contribution in [3.05, 3.63) is 47.5 Å². The summed E-state index contributed by atoms with van der Waals surface area (Å²) in [6.45, 7) is 4.65. The molecular formula is C20H27FN4O. The Bertz CT molecular complexity index is 733. The van der Waals surface area contributed by atoms with Gasteiger partial charge in [0.15, 0.2) is 0 Å². The first-order valence-electron chi connectivity index (χ1n) is 9.40. The SMILES string of the molecule is CCc1c(C(=O)N2CCC(CCNC)CC2)cnn1-c1ccc(F)cc1. The predicted molar refractivity (Wildman–Crippen MR) is 100 cm³/mol. The topological polar surface area (TPSA) is 50.2 Å². The van der Waals surface area contributed by atoms with E-state index in [4.69, 9.17) is 0 Å². The molecule has 0 saturated carbocycles. The fourth-order valence-electron chi connectivity index (χ4n) is 3.64. The van der Waals surface area contributed by atoms with Crippen LogP contribution in [0.3, 0.4) is 0 Å². The number of carbonyl (C=O) groups excluding carboxylic acids is 1. The molecule has 0 radical (unpaired) electrons. The zero-order chi connectivity index (χ0) is 18.5. The lowest BCUT2D eigenvalue weighted by molar-refractivity contribution is 0.0686. The second kappa shape index (κ2) is 8.45. The van der Waals surface area contributed by atoms with Crippen molar-refractivity contribution in [2.24, 2.45) is 5.92 Å². The van der Waals surface area contributed by atoms with Crippen molar-refractivity contribution in [1.82, 2.24) is 20.0 Å². The fourth-order valence-corrected chi connectivity index (χ4v) is 3.64. The molecule has 1 saturated heterocycles. The lowest BCUT2D eigenvalue weighted by Crippen LogP contribution is -2.39. The number of carbonyl (C=O) groups is 1. The smallest absolute Gasteiger partial charge is 0.257 e. The van der Waals surface area contributed by atoms with Gasteiger partial charge in [0.2, 0.25) is 0 Å². The molecule has 26 heavy (non-hydrogen) atoms. The van der Waals surface area contributed by atoms with Crippen molar-refractivity contribution >= 4 is 5.91 Å². The van der Waals surface area contributed by atoms with E-state index in [-0.39, 0.29) is 11.7 Å². The minimum atomic E-state index is -0.281. The van der Waals surface area contributed by atoms with Crippen molar-refractivity contribution in [2.75, 3.05) is 26.7 Å². The molecule has 0 bridgehead atoms. The Morgan fingerprint density at radius 2 is 1.96 bits per heavy atom. The highest BCUT2D eigenvalue weighted by Gasteiger charge is 2.26. The Labute approximate surface area is 154 Å². The number of nitrogens with zero attached hydrogens (tertiary/aromatic N) is 3. The Kier molecular flexibility index (Phi) is 6.04. The summed E-state index contributed by atoms with van der Waals surface area (Å²) in [5.74, 6) is 0.470. The molecule has 0 unspecified atom stereocenters. The lowest BCUT2D eigenvalue weighted by Gasteiger charge is -2.32. The number of piperidine rings is 1. The van der Waals surface area contributed by atoms with Crippen molar-refractivity contribution < 1.29 is 9.18 Å². The monoisotopic (exact) mass is 358 g/mol. The van der Waals surface area contributed by atoms with Gasteiger partial charge in [-0.1, -0.05) is 6.92 Å². The molecule has 1 amide bonds. The summed E-state index contributed by atoms with van der Waals surface area (Å²) in [5, 5.41) is 7.59. The quantitative estimate of drug-likeness (QED) is 0.863. The Hall–Kier alpha value is -2.21. The molecule has 1 aromatic carbocycles. The first kappa shape index (κ1) is 18.6. The summed E-state index contributed by atoms with van der Waals surface area (Å²) in [7, 11) is 1.98. The fraction of sp³-hybridized carbons (Fsp3) is 0.500. The average Bonchev–Trinajstić information content (AvgIpc) is 3.10. The van der Waals surface area contributed by atoms with Crippen LogP contribution >= 0.6 is 0 Å². The number of rotatable bonds is 6. The van der Waals surface area contributed by atoms with Gasteiger partial charge < -0.3 is 10.2 Å². The van der Waals surface area contributed by atoms with E-state index in [0.717, 1.165) is 43.9 Å². The summed E-state index contributed by atoms with van der Waals surface area (Å²) in [5.41, 5.74) is 2.30.